The molecule has 2 N–H and O–H groups in total. The number of hydrogen-bond acceptors (Lipinski definition) is 3. The maximum atomic E-state index is 12.1. The van der Waals surface area contributed by atoms with Crippen LogP contribution in [0.1, 0.15) is 38.2 Å². The number of anilines is 1. The summed E-state index contributed by atoms with van der Waals surface area (Å²) in [6, 6.07) is 10.6. The van der Waals surface area contributed by atoms with Crippen molar-refractivity contribution in [2.45, 2.75) is 38.1 Å². The minimum Gasteiger partial charge on any atom is -0.319 e. The largest absolute Gasteiger partial charge is 0.320 e. The Labute approximate surface area is 124 Å². The molecule has 5 heteroatoms. The number of nitrogens with one attached hydrogen (secondary N) is 2. The molecule has 21 heavy (non-hydrogen) atoms. The van der Waals surface area contributed by atoms with Crippen molar-refractivity contribution < 1.29 is 4.79 Å². The summed E-state index contributed by atoms with van der Waals surface area (Å²) in [5.74, 6) is 0.601. The molecule has 0 atom stereocenters. The van der Waals surface area contributed by atoms with E-state index in [0.29, 0.717) is 30.0 Å². The van der Waals surface area contributed by atoms with E-state index in [1.807, 2.05) is 6.07 Å². The van der Waals surface area contributed by atoms with Crippen LogP contribution in [0.25, 0.3) is 0 Å². The molecule has 108 valence electrons. The number of urea groups is 1. The van der Waals surface area contributed by atoms with Crippen LogP contribution in [0.5, 0.6) is 0 Å². The van der Waals surface area contributed by atoms with Crippen LogP contribution in [0.4, 0.5) is 10.5 Å². The van der Waals surface area contributed by atoms with Gasteiger partial charge in [-0.2, -0.15) is 10.5 Å². The Bertz CT molecular complexity index is 603. The van der Waals surface area contributed by atoms with Gasteiger partial charge in [-0.25, -0.2) is 4.79 Å². The molecule has 1 aliphatic rings. The van der Waals surface area contributed by atoms with Gasteiger partial charge in [0.25, 0.3) is 0 Å². The standard InChI is InChI=1S/C16H18N4O/c1-12-5-7-16(11-18,8-6-12)20-15(21)19-14-4-2-3-13(9-14)10-17/h2-4,9,12H,5-8H2,1H3,(H2,19,20,21). The molecule has 0 aliphatic heterocycles. The molecule has 0 heterocycles. The summed E-state index contributed by atoms with van der Waals surface area (Å²) in [6.45, 7) is 2.16. The van der Waals surface area contributed by atoms with Crippen LogP contribution >= 0.6 is 0 Å². The van der Waals surface area contributed by atoms with Gasteiger partial charge in [-0.1, -0.05) is 13.0 Å². The maximum absolute atomic E-state index is 12.1. The van der Waals surface area contributed by atoms with Crippen LogP contribution in [0.2, 0.25) is 0 Å². The molecule has 0 unspecified atom stereocenters. The number of nitriles is 2. The Hall–Kier alpha value is -2.53. The number of carbonyl (C=O) groups excluding carboxylic acids is 1. The van der Waals surface area contributed by atoms with E-state index < -0.39 is 11.6 Å². The zero-order chi connectivity index (χ0) is 15.3. The molecule has 2 rings (SSSR count). The van der Waals surface area contributed by atoms with Crippen molar-refractivity contribution >= 4 is 11.7 Å². The number of nitrogens with zero attached hydrogens (tertiary/aromatic N) is 2. The first-order chi connectivity index (χ1) is 10.1. The van der Waals surface area contributed by atoms with E-state index in [4.69, 9.17) is 5.26 Å². The van der Waals surface area contributed by atoms with Gasteiger partial charge in [0.2, 0.25) is 0 Å². The van der Waals surface area contributed by atoms with E-state index in [0.717, 1.165) is 12.8 Å². The van der Waals surface area contributed by atoms with E-state index in [2.05, 4.69) is 23.6 Å². The Balaban J connectivity index is 2.00. The van der Waals surface area contributed by atoms with Gasteiger partial charge in [0.15, 0.2) is 0 Å². The Morgan fingerprint density at radius 2 is 2.05 bits per heavy atom. The highest BCUT2D eigenvalue weighted by molar-refractivity contribution is 5.90. The van der Waals surface area contributed by atoms with Crippen LogP contribution in [-0.4, -0.2) is 11.6 Å². The summed E-state index contributed by atoms with van der Waals surface area (Å²) >= 11 is 0. The molecule has 5 nitrogen and oxygen atoms in total. The first kappa shape index (κ1) is 14.9. The van der Waals surface area contributed by atoms with Crippen LogP contribution in [-0.2, 0) is 0 Å². The van der Waals surface area contributed by atoms with Crippen LogP contribution < -0.4 is 10.6 Å². The van der Waals surface area contributed by atoms with E-state index >= 15 is 0 Å². The number of rotatable bonds is 2. The quantitative estimate of drug-likeness (QED) is 0.873. The molecular weight excluding hydrogens is 264 g/mol. The number of carbonyl (C=O) groups is 1. The summed E-state index contributed by atoms with van der Waals surface area (Å²) in [5, 5.41) is 23.7. The molecule has 1 aliphatic carbocycles. The highest BCUT2D eigenvalue weighted by atomic mass is 16.2. The first-order valence-corrected chi connectivity index (χ1v) is 7.07. The monoisotopic (exact) mass is 282 g/mol. The fourth-order valence-corrected chi connectivity index (χ4v) is 2.57. The Morgan fingerprint density at radius 3 is 2.67 bits per heavy atom. The Kier molecular flexibility index (Phi) is 4.45. The Morgan fingerprint density at radius 1 is 1.33 bits per heavy atom. The molecule has 0 saturated heterocycles. The fourth-order valence-electron chi connectivity index (χ4n) is 2.57. The minimum absolute atomic E-state index is 0.402. The van der Waals surface area contributed by atoms with Crippen molar-refractivity contribution in [1.29, 1.82) is 10.5 Å². The molecule has 1 aromatic carbocycles. The van der Waals surface area contributed by atoms with E-state index in [-0.39, 0.29) is 0 Å². The number of amides is 2. The molecule has 1 aromatic rings. The lowest BCUT2D eigenvalue weighted by atomic mass is 9.78. The third-order valence-corrected chi connectivity index (χ3v) is 3.94. The molecule has 2 amide bonds. The lowest BCUT2D eigenvalue weighted by molar-refractivity contribution is 0.222. The zero-order valence-corrected chi connectivity index (χ0v) is 12.0. The molecule has 0 bridgehead atoms. The van der Waals surface area contributed by atoms with Crippen LogP contribution in [0, 0.1) is 28.6 Å². The van der Waals surface area contributed by atoms with Gasteiger partial charge >= 0.3 is 6.03 Å². The summed E-state index contributed by atoms with van der Waals surface area (Å²) in [7, 11) is 0. The third kappa shape index (κ3) is 3.73. The van der Waals surface area contributed by atoms with Gasteiger partial charge < -0.3 is 10.6 Å². The van der Waals surface area contributed by atoms with Crippen molar-refractivity contribution in [1.82, 2.24) is 5.32 Å². The van der Waals surface area contributed by atoms with Crippen molar-refractivity contribution in [2.75, 3.05) is 5.32 Å². The molecule has 0 radical (unpaired) electrons. The average molecular weight is 282 g/mol. The van der Waals surface area contributed by atoms with Crippen molar-refractivity contribution in [2.24, 2.45) is 5.92 Å². The summed E-state index contributed by atoms with van der Waals surface area (Å²) < 4.78 is 0. The predicted octanol–water partition coefficient (Wildman–Crippen LogP) is 3.15. The summed E-state index contributed by atoms with van der Waals surface area (Å²) in [5.41, 5.74) is 0.252. The fraction of sp³-hybridized carbons (Fsp3) is 0.438. The van der Waals surface area contributed by atoms with Crippen molar-refractivity contribution in [3.05, 3.63) is 29.8 Å². The van der Waals surface area contributed by atoms with Gasteiger partial charge in [0.05, 0.1) is 17.7 Å². The number of benzene rings is 1. The van der Waals surface area contributed by atoms with Crippen LogP contribution in [0.15, 0.2) is 24.3 Å². The molecule has 0 aromatic heterocycles. The van der Waals surface area contributed by atoms with Crippen molar-refractivity contribution in [3.8, 4) is 12.1 Å². The SMILES string of the molecule is CC1CCC(C#N)(NC(=O)Nc2cccc(C#N)c2)CC1. The second-order valence-electron chi connectivity index (χ2n) is 5.65. The zero-order valence-electron chi connectivity index (χ0n) is 12.0. The second kappa shape index (κ2) is 6.28. The summed E-state index contributed by atoms with van der Waals surface area (Å²) in [6.07, 6.45) is 3.24. The lowest BCUT2D eigenvalue weighted by Gasteiger charge is -2.34. The predicted molar refractivity (Wildman–Crippen MR) is 79.3 cm³/mol. The molecule has 1 fully saturated rings. The van der Waals surface area contributed by atoms with Gasteiger partial charge in [-0.05, 0) is 49.8 Å². The second-order valence-corrected chi connectivity index (χ2v) is 5.65. The van der Waals surface area contributed by atoms with Gasteiger partial charge in [0.1, 0.15) is 5.54 Å². The van der Waals surface area contributed by atoms with E-state index in [9.17, 15) is 10.1 Å². The number of hydrogen-bond donors (Lipinski definition) is 2. The normalized spacial score (nSPS) is 24.4. The third-order valence-electron chi connectivity index (χ3n) is 3.94. The lowest BCUT2D eigenvalue weighted by Crippen LogP contribution is -2.51. The molecule has 0 spiro atoms. The van der Waals surface area contributed by atoms with Gasteiger partial charge in [-0.15, -0.1) is 0 Å². The first-order valence-electron chi connectivity index (χ1n) is 7.07. The topological polar surface area (TPSA) is 88.7 Å². The van der Waals surface area contributed by atoms with E-state index in [1.165, 1.54) is 0 Å². The van der Waals surface area contributed by atoms with Gasteiger partial charge in [-0.3, -0.25) is 0 Å². The van der Waals surface area contributed by atoms with E-state index in [1.54, 1.807) is 24.3 Å². The molecule has 1 saturated carbocycles. The van der Waals surface area contributed by atoms with Gasteiger partial charge in [0, 0.05) is 5.69 Å². The summed E-state index contributed by atoms with van der Waals surface area (Å²) in [4.78, 5) is 12.1. The highest BCUT2D eigenvalue weighted by Gasteiger charge is 2.35. The molecular formula is C16H18N4O. The smallest absolute Gasteiger partial charge is 0.319 e. The average Bonchev–Trinajstić information content (AvgIpc) is 2.50. The van der Waals surface area contributed by atoms with Crippen LogP contribution in [0.3, 0.4) is 0 Å². The highest BCUT2D eigenvalue weighted by Crippen LogP contribution is 2.31. The van der Waals surface area contributed by atoms with Crippen molar-refractivity contribution in [3.63, 3.8) is 0 Å². The minimum atomic E-state index is -0.774. The maximum Gasteiger partial charge on any atom is 0.320 e.